The van der Waals surface area contributed by atoms with E-state index >= 15 is 0 Å². The number of anilines is 2. The summed E-state index contributed by atoms with van der Waals surface area (Å²) in [5.41, 5.74) is 4.08. The lowest BCUT2D eigenvalue weighted by atomic mass is 10.1. The average Bonchev–Trinajstić information content (AvgIpc) is 3.31. The number of ether oxygens (including phenoxy) is 1. The van der Waals surface area contributed by atoms with Crippen molar-refractivity contribution < 1.29 is 4.74 Å². The summed E-state index contributed by atoms with van der Waals surface area (Å²) in [5, 5.41) is 14.6. The molecule has 3 aromatic carbocycles. The number of H-pyrrole nitrogens is 1. The first kappa shape index (κ1) is 19.7. The van der Waals surface area contributed by atoms with Gasteiger partial charge in [0.15, 0.2) is 10.8 Å². The summed E-state index contributed by atoms with van der Waals surface area (Å²) >= 11 is 5.39. The molecule has 0 spiro atoms. The van der Waals surface area contributed by atoms with Gasteiger partial charge in [0.25, 0.3) is 0 Å². The van der Waals surface area contributed by atoms with E-state index in [9.17, 15) is 0 Å². The highest BCUT2D eigenvalue weighted by Gasteiger charge is 2.13. The van der Waals surface area contributed by atoms with Crippen LogP contribution in [0, 0.1) is 0 Å². The van der Waals surface area contributed by atoms with E-state index in [0.717, 1.165) is 28.0 Å². The van der Waals surface area contributed by atoms with Crippen LogP contribution in [-0.4, -0.2) is 25.3 Å². The average molecular weight is 439 g/mol. The molecule has 0 amide bonds. The fraction of sp³-hybridized carbons (Fsp3) is 0. The molecule has 32 heavy (non-hydrogen) atoms. The minimum atomic E-state index is 0.517. The van der Waals surface area contributed by atoms with E-state index in [-0.39, 0.29) is 0 Å². The van der Waals surface area contributed by atoms with Crippen LogP contribution in [0.15, 0.2) is 91.4 Å². The van der Waals surface area contributed by atoms with Gasteiger partial charge in [0.2, 0.25) is 0 Å². The predicted molar refractivity (Wildman–Crippen MR) is 130 cm³/mol. The van der Waals surface area contributed by atoms with Crippen molar-refractivity contribution in [2.45, 2.75) is 0 Å². The minimum Gasteiger partial charge on any atom is -0.457 e. The Labute approximate surface area is 189 Å². The van der Waals surface area contributed by atoms with Crippen LogP contribution in [0.25, 0.3) is 22.3 Å². The van der Waals surface area contributed by atoms with E-state index in [1.165, 1.54) is 6.33 Å². The van der Waals surface area contributed by atoms with Crippen molar-refractivity contribution in [2.75, 3.05) is 10.6 Å². The zero-order valence-electron chi connectivity index (χ0n) is 16.8. The van der Waals surface area contributed by atoms with Crippen LogP contribution in [-0.2, 0) is 0 Å². The summed E-state index contributed by atoms with van der Waals surface area (Å²) in [4.78, 5) is 8.66. The number of aromatic amines is 1. The molecule has 0 radical (unpaired) electrons. The van der Waals surface area contributed by atoms with Gasteiger partial charge >= 0.3 is 0 Å². The fourth-order valence-corrected chi connectivity index (χ4v) is 3.51. The van der Waals surface area contributed by atoms with Crippen molar-refractivity contribution in [2.24, 2.45) is 0 Å². The Hall–Kier alpha value is -4.30. The Morgan fingerprint density at radius 1 is 0.812 bits per heavy atom. The zero-order chi connectivity index (χ0) is 21.8. The van der Waals surface area contributed by atoms with E-state index in [2.05, 4.69) is 30.8 Å². The van der Waals surface area contributed by atoms with Crippen LogP contribution in [0.2, 0.25) is 0 Å². The molecule has 0 fully saturated rings. The molecule has 2 heterocycles. The Morgan fingerprint density at radius 3 is 2.34 bits per heavy atom. The Balaban J connectivity index is 1.32. The van der Waals surface area contributed by atoms with Crippen molar-refractivity contribution in [1.82, 2.24) is 20.2 Å². The third-order valence-corrected chi connectivity index (χ3v) is 4.97. The molecule has 2 aromatic heterocycles. The molecule has 3 N–H and O–H groups in total. The van der Waals surface area contributed by atoms with Crippen LogP contribution in [0.3, 0.4) is 0 Å². The number of benzene rings is 3. The topological polar surface area (TPSA) is 87.8 Å². The van der Waals surface area contributed by atoms with E-state index in [1.807, 2.05) is 78.9 Å². The maximum Gasteiger partial charge on any atom is 0.175 e. The van der Waals surface area contributed by atoms with Crippen molar-refractivity contribution in [3.8, 4) is 22.8 Å². The number of nitrogens with zero attached hydrogens (tertiary/aromatic N) is 3. The molecule has 8 heteroatoms. The van der Waals surface area contributed by atoms with E-state index < -0.39 is 0 Å². The smallest absolute Gasteiger partial charge is 0.175 e. The lowest BCUT2D eigenvalue weighted by Gasteiger charge is -2.13. The van der Waals surface area contributed by atoms with Gasteiger partial charge in [0, 0.05) is 16.9 Å². The van der Waals surface area contributed by atoms with E-state index in [0.29, 0.717) is 22.3 Å². The normalized spacial score (nSPS) is 10.6. The number of fused-ring (bicyclic) bond motifs is 1. The standard InChI is InChI=1S/C24H18N6OS/c32-24(28-16-6-2-1-3-7-16)29-17-10-12-18(13-11-17)31-21-9-5-4-8-19(21)22-20-14-27-30-23(20)26-15-25-22/h1-15H,(H2,28,29,32)(H,25,26,27,30). The van der Waals surface area contributed by atoms with E-state index in [4.69, 9.17) is 17.0 Å². The first-order chi connectivity index (χ1) is 15.8. The van der Waals surface area contributed by atoms with Gasteiger partial charge in [0.05, 0.1) is 17.3 Å². The maximum atomic E-state index is 6.18. The largest absolute Gasteiger partial charge is 0.457 e. The highest BCUT2D eigenvalue weighted by Crippen LogP contribution is 2.35. The van der Waals surface area contributed by atoms with Gasteiger partial charge in [-0.2, -0.15) is 5.10 Å². The molecule has 0 bridgehead atoms. The molecule has 0 aliphatic carbocycles. The van der Waals surface area contributed by atoms with Gasteiger partial charge in [-0.1, -0.05) is 30.3 Å². The van der Waals surface area contributed by atoms with Crippen LogP contribution in [0.5, 0.6) is 11.5 Å². The molecule has 0 saturated carbocycles. The highest BCUT2D eigenvalue weighted by molar-refractivity contribution is 7.80. The molecule has 0 aliphatic rings. The number of hydrogen-bond acceptors (Lipinski definition) is 5. The second-order valence-electron chi connectivity index (χ2n) is 6.92. The van der Waals surface area contributed by atoms with Crippen molar-refractivity contribution in [3.05, 3.63) is 91.4 Å². The van der Waals surface area contributed by atoms with Crippen LogP contribution < -0.4 is 15.4 Å². The monoisotopic (exact) mass is 438 g/mol. The number of thiocarbonyl (C=S) groups is 1. The first-order valence-electron chi connectivity index (χ1n) is 9.91. The summed E-state index contributed by atoms with van der Waals surface area (Å²) in [7, 11) is 0. The number of nitrogens with one attached hydrogen (secondary N) is 3. The summed E-state index contributed by atoms with van der Waals surface area (Å²) in [6.45, 7) is 0. The Kier molecular flexibility index (Phi) is 5.42. The second kappa shape index (κ2) is 8.83. The van der Waals surface area contributed by atoms with Crippen molar-refractivity contribution >= 4 is 39.7 Å². The molecule has 0 aliphatic heterocycles. The third-order valence-electron chi connectivity index (χ3n) is 4.76. The summed E-state index contributed by atoms with van der Waals surface area (Å²) < 4.78 is 6.18. The molecule has 156 valence electrons. The van der Waals surface area contributed by atoms with Crippen molar-refractivity contribution in [1.29, 1.82) is 0 Å². The molecule has 5 aromatic rings. The lowest BCUT2D eigenvalue weighted by Crippen LogP contribution is -2.18. The SMILES string of the molecule is S=C(Nc1ccccc1)Nc1ccc(Oc2ccccc2-c2ncnc3[nH]ncc23)cc1. The fourth-order valence-electron chi connectivity index (χ4n) is 3.28. The summed E-state index contributed by atoms with van der Waals surface area (Å²) in [6, 6.07) is 25.1. The van der Waals surface area contributed by atoms with Gasteiger partial charge in [-0.05, 0) is 60.7 Å². The molecule has 0 unspecified atom stereocenters. The molecule has 5 rings (SSSR count). The number of hydrogen-bond donors (Lipinski definition) is 3. The highest BCUT2D eigenvalue weighted by atomic mass is 32.1. The quantitative estimate of drug-likeness (QED) is 0.307. The first-order valence-corrected chi connectivity index (χ1v) is 10.3. The van der Waals surface area contributed by atoms with Crippen molar-refractivity contribution in [3.63, 3.8) is 0 Å². The molecule has 0 saturated heterocycles. The summed E-state index contributed by atoms with van der Waals surface area (Å²) in [5.74, 6) is 1.39. The zero-order valence-corrected chi connectivity index (χ0v) is 17.6. The lowest BCUT2D eigenvalue weighted by molar-refractivity contribution is 0.484. The Bertz CT molecular complexity index is 1370. The molecular formula is C24H18N6OS. The van der Waals surface area contributed by atoms with Crippen LogP contribution in [0.1, 0.15) is 0 Å². The van der Waals surface area contributed by atoms with Crippen LogP contribution in [0.4, 0.5) is 11.4 Å². The Morgan fingerprint density at radius 2 is 1.53 bits per heavy atom. The molecular weight excluding hydrogens is 420 g/mol. The number of rotatable bonds is 5. The van der Waals surface area contributed by atoms with Gasteiger partial charge in [-0.3, -0.25) is 5.10 Å². The van der Waals surface area contributed by atoms with Gasteiger partial charge in [-0.25, -0.2) is 9.97 Å². The van der Waals surface area contributed by atoms with Crippen LogP contribution >= 0.6 is 12.2 Å². The predicted octanol–water partition coefficient (Wildman–Crippen LogP) is 5.62. The summed E-state index contributed by atoms with van der Waals surface area (Å²) in [6.07, 6.45) is 3.23. The minimum absolute atomic E-state index is 0.517. The second-order valence-corrected chi connectivity index (χ2v) is 7.33. The van der Waals surface area contributed by atoms with Gasteiger partial charge < -0.3 is 15.4 Å². The third kappa shape index (κ3) is 4.26. The van der Waals surface area contributed by atoms with E-state index in [1.54, 1.807) is 6.20 Å². The molecule has 7 nitrogen and oxygen atoms in total. The van der Waals surface area contributed by atoms with Gasteiger partial charge in [0.1, 0.15) is 17.8 Å². The molecule has 0 atom stereocenters. The number of para-hydroxylation sites is 2. The van der Waals surface area contributed by atoms with Gasteiger partial charge in [-0.15, -0.1) is 0 Å². The number of aromatic nitrogens is 4. The maximum absolute atomic E-state index is 6.18.